The molecule has 0 heterocycles. The van der Waals surface area contributed by atoms with E-state index in [0.717, 1.165) is 36.8 Å². The molecule has 0 bridgehead atoms. The van der Waals surface area contributed by atoms with Gasteiger partial charge in [0.25, 0.3) is 0 Å². The van der Waals surface area contributed by atoms with Crippen LogP contribution in [0.1, 0.15) is 62.5 Å². The molecule has 1 aliphatic carbocycles. The van der Waals surface area contributed by atoms with Crippen LogP contribution in [0.4, 0.5) is 4.39 Å². The van der Waals surface area contributed by atoms with Gasteiger partial charge in [0.1, 0.15) is 6.04 Å². The summed E-state index contributed by atoms with van der Waals surface area (Å²) < 4.78 is 18.7. The highest BCUT2D eigenvalue weighted by Gasteiger charge is 2.24. The summed E-state index contributed by atoms with van der Waals surface area (Å²) in [6.45, 7) is 0. The molecule has 1 saturated carbocycles. The van der Waals surface area contributed by atoms with Crippen molar-refractivity contribution in [1.82, 2.24) is 5.32 Å². The number of nitrogens with zero attached hydrogens (tertiary/aromatic N) is 1. The van der Waals surface area contributed by atoms with Crippen LogP contribution in [0.25, 0.3) is 0 Å². The Labute approximate surface area is 207 Å². The van der Waals surface area contributed by atoms with Gasteiger partial charge in [-0.1, -0.05) is 68.5 Å². The molecule has 3 N–H and O–H groups in total. The third-order valence-corrected chi connectivity index (χ3v) is 6.57. The van der Waals surface area contributed by atoms with Crippen LogP contribution < -0.4 is 15.8 Å². The number of nitrogens with one attached hydrogen (secondary N) is 1. The topological polar surface area (TPSA) is 93.8 Å². The van der Waals surface area contributed by atoms with Gasteiger partial charge in [-0.3, -0.25) is 14.9 Å². The van der Waals surface area contributed by atoms with Gasteiger partial charge in [-0.25, -0.2) is 9.38 Å². The molecule has 7 heteroatoms. The number of Topliss-reactive ketones (excluding diaryl/α,β-unsaturated/α-hetero) is 1. The molecule has 3 rings (SSSR count). The summed E-state index contributed by atoms with van der Waals surface area (Å²) in [6.07, 6.45) is 7.94. The number of halogens is 1. The van der Waals surface area contributed by atoms with Crippen molar-refractivity contribution in [3.8, 4) is 5.75 Å². The summed E-state index contributed by atoms with van der Waals surface area (Å²) in [7, 11) is 1.42. The fourth-order valence-corrected chi connectivity index (χ4v) is 4.60. The molecule has 1 amide bonds. The van der Waals surface area contributed by atoms with E-state index in [-0.39, 0.29) is 36.2 Å². The van der Waals surface area contributed by atoms with E-state index in [1.807, 2.05) is 30.3 Å². The highest BCUT2D eigenvalue weighted by atomic mass is 19.1. The van der Waals surface area contributed by atoms with Gasteiger partial charge in [-0.15, -0.1) is 0 Å². The molecular formula is C28H36FN3O3. The SMILES string of the molecule is COc1cc(CCC(=O)[C@@H](CC2CCCCC2)N=C(N)NC(=O)CCc2ccccc2)ccc1F. The number of carbonyl (C=O) groups is 2. The summed E-state index contributed by atoms with van der Waals surface area (Å²) in [4.78, 5) is 30.0. The average molecular weight is 482 g/mol. The average Bonchev–Trinajstić information content (AvgIpc) is 2.87. The normalized spacial score (nSPS) is 15.4. The Morgan fingerprint density at radius 1 is 1.06 bits per heavy atom. The van der Waals surface area contributed by atoms with Gasteiger partial charge in [-0.2, -0.15) is 0 Å². The predicted octanol–water partition coefficient (Wildman–Crippen LogP) is 4.74. The molecule has 2 aromatic carbocycles. The van der Waals surface area contributed by atoms with Gasteiger partial charge in [0.2, 0.25) is 5.91 Å². The van der Waals surface area contributed by atoms with E-state index >= 15 is 0 Å². The molecule has 0 aliphatic heterocycles. The molecule has 0 radical (unpaired) electrons. The second kappa shape index (κ2) is 13.6. The molecular weight excluding hydrogens is 445 g/mol. The first-order chi connectivity index (χ1) is 16.9. The van der Waals surface area contributed by atoms with Crippen LogP contribution in [0.2, 0.25) is 0 Å². The van der Waals surface area contributed by atoms with Crippen molar-refractivity contribution >= 4 is 17.6 Å². The summed E-state index contributed by atoms with van der Waals surface area (Å²) >= 11 is 0. The number of carbonyl (C=O) groups excluding carboxylic acids is 2. The van der Waals surface area contributed by atoms with Crippen LogP contribution in [0.15, 0.2) is 53.5 Å². The molecule has 35 heavy (non-hydrogen) atoms. The van der Waals surface area contributed by atoms with Crippen LogP contribution in [-0.2, 0) is 22.4 Å². The molecule has 6 nitrogen and oxygen atoms in total. The number of ketones is 1. The van der Waals surface area contributed by atoms with Gasteiger partial charge < -0.3 is 10.5 Å². The Morgan fingerprint density at radius 3 is 2.49 bits per heavy atom. The highest BCUT2D eigenvalue weighted by Crippen LogP contribution is 2.29. The number of hydrogen-bond acceptors (Lipinski definition) is 4. The van der Waals surface area contributed by atoms with E-state index in [9.17, 15) is 14.0 Å². The summed E-state index contributed by atoms with van der Waals surface area (Å²) in [5.74, 6) is -0.111. The smallest absolute Gasteiger partial charge is 0.226 e. The number of rotatable bonds is 11. The highest BCUT2D eigenvalue weighted by molar-refractivity contribution is 5.97. The third kappa shape index (κ3) is 8.81. The van der Waals surface area contributed by atoms with Gasteiger partial charge in [0.15, 0.2) is 23.3 Å². The maximum atomic E-state index is 13.7. The Balaban J connectivity index is 1.61. The minimum Gasteiger partial charge on any atom is -0.494 e. The number of aryl methyl sites for hydroxylation is 2. The first-order valence-electron chi connectivity index (χ1n) is 12.5. The Morgan fingerprint density at radius 2 is 1.77 bits per heavy atom. The first-order valence-corrected chi connectivity index (χ1v) is 12.5. The van der Waals surface area contributed by atoms with E-state index in [1.54, 1.807) is 12.1 Å². The number of aliphatic imine (C=N–C) groups is 1. The second-order valence-corrected chi connectivity index (χ2v) is 9.24. The minimum atomic E-state index is -0.602. The summed E-state index contributed by atoms with van der Waals surface area (Å²) in [5, 5.41) is 2.65. The zero-order valence-corrected chi connectivity index (χ0v) is 20.5. The molecule has 1 aliphatic rings. The lowest BCUT2D eigenvalue weighted by Gasteiger charge is -2.24. The van der Waals surface area contributed by atoms with Crippen molar-refractivity contribution < 1.29 is 18.7 Å². The van der Waals surface area contributed by atoms with Crippen molar-refractivity contribution in [3.05, 3.63) is 65.5 Å². The number of guanidine groups is 1. The lowest BCUT2D eigenvalue weighted by molar-refractivity contribution is -0.121. The lowest BCUT2D eigenvalue weighted by Crippen LogP contribution is -2.39. The van der Waals surface area contributed by atoms with Gasteiger partial charge in [-0.05, 0) is 48.4 Å². The molecule has 0 unspecified atom stereocenters. The fourth-order valence-electron chi connectivity index (χ4n) is 4.60. The number of amides is 1. The number of benzene rings is 2. The molecule has 0 aromatic heterocycles. The van der Waals surface area contributed by atoms with Crippen LogP contribution in [0.3, 0.4) is 0 Å². The van der Waals surface area contributed by atoms with Gasteiger partial charge >= 0.3 is 0 Å². The van der Waals surface area contributed by atoms with Crippen molar-refractivity contribution in [2.45, 2.75) is 70.3 Å². The quantitative estimate of drug-likeness (QED) is 0.358. The lowest BCUT2D eigenvalue weighted by atomic mass is 9.83. The molecule has 1 fully saturated rings. The van der Waals surface area contributed by atoms with Crippen LogP contribution in [-0.4, -0.2) is 30.8 Å². The standard InChI is InChI=1S/C28H36FN3O3/c1-35-26-19-22(12-15-23(26)29)13-16-25(33)24(18-21-10-6-3-7-11-21)31-28(30)32-27(34)17-14-20-8-4-2-5-9-20/h2,4-5,8-9,12,15,19,21,24H,3,6-7,10-11,13-14,16-18H2,1H3,(H3,30,31,32,34)/t24-/m1/s1. The Bertz CT molecular complexity index is 1000. The van der Waals surface area contributed by atoms with Crippen molar-refractivity contribution in [2.75, 3.05) is 7.11 Å². The first kappa shape index (κ1) is 26.4. The van der Waals surface area contributed by atoms with E-state index in [2.05, 4.69) is 10.3 Å². The second-order valence-electron chi connectivity index (χ2n) is 9.24. The molecule has 0 saturated heterocycles. The Kier molecular flexibility index (Phi) is 10.3. The number of nitrogens with two attached hydrogens (primary N) is 1. The monoisotopic (exact) mass is 481 g/mol. The maximum absolute atomic E-state index is 13.7. The largest absolute Gasteiger partial charge is 0.494 e. The van der Waals surface area contributed by atoms with Crippen LogP contribution in [0.5, 0.6) is 5.75 Å². The van der Waals surface area contributed by atoms with E-state index in [4.69, 9.17) is 10.5 Å². The molecule has 188 valence electrons. The van der Waals surface area contributed by atoms with E-state index in [0.29, 0.717) is 25.2 Å². The number of ether oxygens (including phenoxy) is 1. The third-order valence-electron chi connectivity index (χ3n) is 6.57. The van der Waals surface area contributed by atoms with Crippen molar-refractivity contribution in [3.63, 3.8) is 0 Å². The molecule has 2 aromatic rings. The molecule has 1 atom stereocenters. The zero-order valence-electron chi connectivity index (χ0n) is 20.5. The number of hydrogen-bond donors (Lipinski definition) is 2. The predicted molar refractivity (Wildman–Crippen MR) is 136 cm³/mol. The van der Waals surface area contributed by atoms with Crippen LogP contribution >= 0.6 is 0 Å². The summed E-state index contributed by atoms with van der Waals surface area (Å²) in [5.41, 5.74) is 7.95. The summed E-state index contributed by atoms with van der Waals surface area (Å²) in [6, 6.07) is 13.8. The van der Waals surface area contributed by atoms with Crippen LogP contribution in [0, 0.1) is 11.7 Å². The van der Waals surface area contributed by atoms with Crippen molar-refractivity contribution in [2.24, 2.45) is 16.6 Å². The van der Waals surface area contributed by atoms with Gasteiger partial charge in [0, 0.05) is 12.8 Å². The number of methoxy groups -OCH3 is 1. The van der Waals surface area contributed by atoms with E-state index in [1.165, 1.54) is 19.6 Å². The van der Waals surface area contributed by atoms with Gasteiger partial charge in [0.05, 0.1) is 7.11 Å². The van der Waals surface area contributed by atoms with Crippen molar-refractivity contribution in [1.29, 1.82) is 0 Å². The molecule has 0 spiro atoms. The Hall–Kier alpha value is -3.22. The maximum Gasteiger partial charge on any atom is 0.226 e. The van der Waals surface area contributed by atoms with E-state index < -0.39 is 11.9 Å². The minimum absolute atomic E-state index is 0.0133. The zero-order chi connectivity index (χ0) is 25.0. The fraction of sp³-hybridized carbons (Fsp3) is 0.464.